The smallest absolute Gasteiger partial charge is 0.245 e. The highest BCUT2D eigenvalue weighted by molar-refractivity contribution is 7.99. The lowest BCUT2D eigenvalue weighted by molar-refractivity contribution is -0.00945. The lowest BCUT2D eigenvalue weighted by Crippen LogP contribution is -2.24. The molecular weight excluding hydrogens is 182 g/mol. The number of alkyl halides is 2. The van der Waals surface area contributed by atoms with Crippen molar-refractivity contribution in [1.82, 2.24) is 0 Å². The topological polar surface area (TPSA) is 20.2 Å². The predicted octanol–water partition coefficient (Wildman–Crippen LogP) is 2.00. The molecule has 0 aromatic heterocycles. The Morgan fingerprint density at radius 3 is 2.50 bits per heavy atom. The van der Waals surface area contributed by atoms with Gasteiger partial charge in [-0.1, -0.05) is 0 Å². The van der Waals surface area contributed by atoms with Crippen LogP contribution in [0.2, 0.25) is 0 Å². The first kappa shape index (κ1) is 10.3. The largest absolute Gasteiger partial charge is 0.396 e. The molecule has 72 valence electrons. The van der Waals surface area contributed by atoms with Crippen molar-refractivity contribution in [3.63, 3.8) is 0 Å². The molecule has 1 heterocycles. The lowest BCUT2D eigenvalue weighted by Gasteiger charge is -2.19. The van der Waals surface area contributed by atoms with Crippen LogP contribution in [0.5, 0.6) is 0 Å². The lowest BCUT2D eigenvalue weighted by atomic mass is 9.91. The summed E-state index contributed by atoms with van der Waals surface area (Å²) in [5.41, 5.74) is 0. The molecule has 2 unspecified atom stereocenters. The van der Waals surface area contributed by atoms with E-state index in [0.717, 1.165) is 18.4 Å². The minimum Gasteiger partial charge on any atom is -0.396 e. The molecule has 0 bridgehead atoms. The monoisotopic (exact) mass is 196 g/mol. The average molecular weight is 196 g/mol. The third-order valence-electron chi connectivity index (χ3n) is 2.19. The number of aliphatic hydroxyl groups is 1. The fraction of sp³-hybridized carbons (Fsp3) is 1.00. The normalized spacial score (nSPS) is 31.0. The van der Waals surface area contributed by atoms with Crippen molar-refractivity contribution in [3.05, 3.63) is 0 Å². The molecule has 1 nitrogen and oxygen atoms in total. The molecule has 0 aliphatic carbocycles. The van der Waals surface area contributed by atoms with Crippen LogP contribution in [0.1, 0.15) is 13.3 Å². The number of halogens is 2. The van der Waals surface area contributed by atoms with Crippen LogP contribution >= 0.6 is 11.8 Å². The van der Waals surface area contributed by atoms with Crippen molar-refractivity contribution in [2.75, 3.05) is 18.1 Å². The Kier molecular flexibility index (Phi) is 3.35. The first-order valence-corrected chi connectivity index (χ1v) is 5.25. The number of aliphatic hydroxyl groups excluding tert-OH is 1. The molecule has 1 N–H and O–H groups in total. The zero-order valence-electron chi connectivity index (χ0n) is 7.09. The average Bonchev–Trinajstić information content (AvgIpc) is 2.31. The van der Waals surface area contributed by atoms with Crippen LogP contribution in [-0.4, -0.2) is 29.1 Å². The molecule has 2 atom stereocenters. The zero-order chi connectivity index (χ0) is 9.19. The molecule has 1 aliphatic rings. The Balaban J connectivity index is 2.41. The van der Waals surface area contributed by atoms with Crippen LogP contribution in [0.3, 0.4) is 0 Å². The van der Waals surface area contributed by atoms with E-state index in [2.05, 4.69) is 0 Å². The fourth-order valence-corrected chi connectivity index (χ4v) is 3.04. The van der Waals surface area contributed by atoms with Crippen molar-refractivity contribution in [2.24, 2.45) is 11.8 Å². The van der Waals surface area contributed by atoms with E-state index < -0.39 is 5.92 Å². The Labute approximate surface area is 75.5 Å². The Morgan fingerprint density at radius 2 is 2.00 bits per heavy atom. The highest BCUT2D eigenvalue weighted by atomic mass is 32.2. The minimum atomic E-state index is -2.58. The second-order valence-corrected chi connectivity index (χ2v) is 4.59. The predicted molar refractivity (Wildman–Crippen MR) is 46.6 cm³/mol. The van der Waals surface area contributed by atoms with Gasteiger partial charge in [0.05, 0.1) is 0 Å². The maximum Gasteiger partial charge on any atom is 0.245 e. The SMILES string of the molecule is CC(F)(F)CC1CSCC1CO. The van der Waals surface area contributed by atoms with Gasteiger partial charge in [0.25, 0.3) is 0 Å². The summed E-state index contributed by atoms with van der Waals surface area (Å²) in [6.07, 6.45) is -0.0781. The van der Waals surface area contributed by atoms with Crippen LogP contribution < -0.4 is 0 Å². The highest BCUT2D eigenvalue weighted by Crippen LogP contribution is 2.36. The number of hydrogen-bond donors (Lipinski definition) is 1. The van der Waals surface area contributed by atoms with Crippen LogP contribution in [0.25, 0.3) is 0 Å². The summed E-state index contributed by atoms with van der Waals surface area (Å²) in [5, 5.41) is 8.88. The van der Waals surface area contributed by atoms with Gasteiger partial charge in [0.2, 0.25) is 5.92 Å². The molecule has 1 aliphatic heterocycles. The minimum absolute atomic E-state index is 0.000000000000000444. The highest BCUT2D eigenvalue weighted by Gasteiger charge is 2.34. The van der Waals surface area contributed by atoms with Gasteiger partial charge >= 0.3 is 0 Å². The summed E-state index contributed by atoms with van der Waals surface area (Å²) in [7, 11) is 0. The first-order valence-electron chi connectivity index (χ1n) is 4.09. The molecule has 0 radical (unpaired) electrons. The van der Waals surface area contributed by atoms with Gasteiger partial charge in [-0.05, 0) is 30.3 Å². The maximum atomic E-state index is 12.6. The number of rotatable bonds is 3. The van der Waals surface area contributed by atoms with Crippen molar-refractivity contribution >= 4 is 11.8 Å². The molecule has 1 rings (SSSR count). The second kappa shape index (κ2) is 3.92. The first-order chi connectivity index (χ1) is 5.53. The molecule has 0 aromatic rings. The van der Waals surface area contributed by atoms with Gasteiger partial charge in [-0.25, -0.2) is 8.78 Å². The van der Waals surface area contributed by atoms with Gasteiger partial charge < -0.3 is 5.11 Å². The van der Waals surface area contributed by atoms with Crippen LogP contribution in [0, 0.1) is 11.8 Å². The van der Waals surface area contributed by atoms with Crippen molar-refractivity contribution in [3.8, 4) is 0 Å². The van der Waals surface area contributed by atoms with Gasteiger partial charge in [-0.2, -0.15) is 11.8 Å². The van der Waals surface area contributed by atoms with E-state index in [1.807, 2.05) is 0 Å². The standard InChI is InChI=1S/C8H14F2OS/c1-8(9,10)2-6-4-12-5-7(6)3-11/h6-7,11H,2-5H2,1H3. The molecule has 4 heteroatoms. The number of hydrogen-bond acceptors (Lipinski definition) is 2. The van der Waals surface area contributed by atoms with Gasteiger partial charge in [0.1, 0.15) is 0 Å². The second-order valence-electron chi connectivity index (χ2n) is 3.51. The van der Waals surface area contributed by atoms with Gasteiger partial charge in [0, 0.05) is 13.0 Å². The molecule has 0 amide bonds. The van der Waals surface area contributed by atoms with E-state index >= 15 is 0 Å². The molecule has 12 heavy (non-hydrogen) atoms. The third kappa shape index (κ3) is 2.90. The van der Waals surface area contributed by atoms with E-state index in [4.69, 9.17) is 5.11 Å². The summed E-state index contributed by atoms with van der Waals surface area (Å²) >= 11 is 1.66. The molecule has 0 saturated carbocycles. The maximum absolute atomic E-state index is 12.6. The summed E-state index contributed by atoms with van der Waals surface area (Å²) in [6.45, 7) is 0.998. The van der Waals surface area contributed by atoms with Crippen LogP contribution in [-0.2, 0) is 0 Å². The van der Waals surface area contributed by atoms with E-state index in [1.165, 1.54) is 0 Å². The van der Waals surface area contributed by atoms with E-state index in [-0.39, 0.29) is 24.9 Å². The summed E-state index contributed by atoms with van der Waals surface area (Å²) < 4.78 is 25.2. The Bertz CT molecular complexity index is 146. The summed E-state index contributed by atoms with van der Waals surface area (Å²) in [5.74, 6) is -0.893. The molecule has 1 fully saturated rings. The van der Waals surface area contributed by atoms with E-state index in [1.54, 1.807) is 11.8 Å². The fourth-order valence-electron chi connectivity index (χ4n) is 1.53. The molecule has 0 aromatic carbocycles. The van der Waals surface area contributed by atoms with Crippen molar-refractivity contribution in [2.45, 2.75) is 19.3 Å². The van der Waals surface area contributed by atoms with Crippen LogP contribution in [0.15, 0.2) is 0 Å². The van der Waals surface area contributed by atoms with E-state index in [0.29, 0.717) is 0 Å². The quantitative estimate of drug-likeness (QED) is 0.745. The summed E-state index contributed by atoms with van der Waals surface area (Å²) in [6, 6.07) is 0. The molecule has 0 spiro atoms. The van der Waals surface area contributed by atoms with Gasteiger partial charge in [-0.15, -0.1) is 0 Å². The Hall–Kier alpha value is 0.170. The van der Waals surface area contributed by atoms with Crippen molar-refractivity contribution in [1.29, 1.82) is 0 Å². The zero-order valence-corrected chi connectivity index (χ0v) is 7.91. The molecular formula is C8H14F2OS. The van der Waals surface area contributed by atoms with Crippen LogP contribution in [0.4, 0.5) is 8.78 Å². The van der Waals surface area contributed by atoms with Crippen molar-refractivity contribution < 1.29 is 13.9 Å². The van der Waals surface area contributed by atoms with E-state index in [9.17, 15) is 8.78 Å². The Morgan fingerprint density at radius 1 is 1.42 bits per heavy atom. The van der Waals surface area contributed by atoms with Gasteiger partial charge in [-0.3, -0.25) is 0 Å². The van der Waals surface area contributed by atoms with Gasteiger partial charge in [0.15, 0.2) is 0 Å². The molecule has 1 saturated heterocycles. The number of thioether (sulfide) groups is 1. The summed E-state index contributed by atoms with van der Waals surface area (Å²) in [4.78, 5) is 0. The third-order valence-corrected chi connectivity index (χ3v) is 3.51.